The second-order valence-corrected chi connectivity index (χ2v) is 5.58. The van der Waals surface area contributed by atoms with E-state index in [2.05, 4.69) is 30.9 Å². The number of hydrogen-bond acceptors (Lipinski definition) is 3. The molecule has 17 heavy (non-hydrogen) atoms. The average Bonchev–Trinajstić information content (AvgIpc) is 2.80. The Balaban J connectivity index is 1.88. The fourth-order valence-electron chi connectivity index (χ4n) is 3.79. The Labute approximate surface area is 101 Å². The van der Waals surface area contributed by atoms with Crippen LogP contribution in [-0.4, -0.2) is 24.3 Å². The molecule has 3 aliphatic rings. The maximum absolute atomic E-state index is 5.51. The van der Waals surface area contributed by atoms with Gasteiger partial charge in [0, 0.05) is 25.0 Å². The van der Waals surface area contributed by atoms with Crippen molar-refractivity contribution in [2.24, 2.45) is 5.92 Å². The van der Waals surface area contributed by atoms with Gasteiger partial charge in [0.1, 0.15) is 0 Å². The Morgan fingerprint density at radius 2 is 1.94 bits per heavy atom. The van der Waals surface area contributed by atoms with Gasteiger partial charge in [0.2, 0.25) is 6.79 Å². The van der Waals surface area contributed by atoms with Gasteiger partial charge >= 0.3 is 0 Å². The normalized spacial score (nSPS) is 37.1. The van der Waals surface area contributed by atoms with Crippen LogP contribution in [0.3, 0.4) is 0 Å². The number of hydrogen-bond donors (Lipinski definition) is 0. The van der Waals surface area contributed by atoms with Crippen LogP contribution < -0.4 is 9.47 Å². The van der Waals surface area contributed by atoms with Crippen molar-refractivity contribution < 1.29 is 9.47 Å². The lowest BCUT2D eigenvalue weighted by atomic mass is 9.81. The van der Waals surface area contributed by atoms with E-state index in [1.54, 1.807) is 0 Å². The third-order valence-corrected chi connectivity index (χ3v) is 4.60. The minimum atomic E-state index is 0.373. The van der Waals surface area contributed by atoms with Gasteiger partial charge in [-0.15, -0.1) is 0 Å². The first-order valence-corrected chi connectivity index (χ1v) is 6.40. The molecular formula is C14H17NO2. The van der Waals surface area contributed by atoms with Gasteiger partial charge in [0.15, 0.2) is 11.5 Å². The van der Waals surface area contributed by atoms with E-state index < -0.39 is 0 Å². The zero-order valence-corrected chi connectivity index (χ0v) is 10.3. The van der Waals surface area contributed by atoms with Crippen LogP contribution in [0, 0.1) is 5.92 Å². The van der Waals surface area contributed by atoms with Crippen molar-refractivity contribution in [3.63, 3.8) is 0 Å². The lowest BCUT2D eigenvalue weighted by Gasteiger charge is -2.32. The molecule has 1 aromatic rings. The van der Waals surface area contributed by atoms with Crippen molar-refractivity contribution >= 4 is 0 Å². The molecule has 0 amide bonds. The molecular weight excluding hydrogens is 214 g/mol. The second kappa shape index (κ2) is 3.16. The Morgan fingerprint density at radius 3 is 2.76 bits per heavy atom. The smallest absolute Gasteiger partial charge is 0.231 e. The standard InChI is InChI=1S/C14H17NO2/c1-8-5-15-6-10-3-12-13(17-7-16-12)4-11(10)14(8)9(15)2/h3-4,8-9,14H,5-7H2,1-2H3. The summed E-state index contributed by atoms with van der Waals surface area (Å²) in [5.74, 6) is 3.26. The molecule has 3 heteroatoms. The number of benzene rings is 1. The highest BCUT2D eigenvalue weighted by Gasteiger charge is 2.42. The summed E-state index contributed by atoms with van der Waals surface area (Å²) < 4.78 is 11.0. The lowest BCUT2D eigenvalue weighted by molar-refractivity contribution is 0.174. The highest BCUT2D eigenvalue weighted by molar-refractivity contribution is 5.51. The molecule has 4 atom stereocenters. The van der Waals surface area contributed by atoms with E-state index in [1.165, 1.54) is 17.7 Å². The van der Waals surface area contributed by atoms with Gasteiger partial charge in [0.25, 0.3) is 0 Å². The van der Waals surface area contributed by atoms with Crippen LogP contribution in [0.1, 0.15) is 30.9 Å². The molecule has 0 radical (unpaired) electrons. The lowest BCUT2D eigenvalue weighted by Crippen LogP contribution is -2.33. The molecule has 0 aromatic heterocycles. The van der Waals surface area contributed by atoms with Gasteiger partial charge in [-0.1, -0.05) is 6.92 Å². The molecule has 1 aromatic carbocycles. The summed E-state index contributed by atoms with van der Waals surface area (Å²) in [5.41, 5.74) is 2.92. The largest absolute Gasteiger partial charge is 0.454 e. The predicted octanol–water partition coefficient (Wildman–Crippen LogP) is 2.35. The summed E-state index contributed by atoms with van der Waals surface area (Å²) in [6, 6.07) is 5.07. The summed E-state index contributed by atoms with van der Waals surface area (Å²) in [7, 11) is 0. The molecule has 3 aliphatic heterocycles. The van der Waals surface area contributed by atoms with Crippen molar-refractivity contribution in [3.05, 3.63) is 23.3 Å². The number of rotatable bonds is 0. The molecule has 3 heterocycles. The Hall–Kier alpha value is -1.22. The first-order chi connectivity index (χ1) is 8.24. The topological polar surface area (TPSA) is 21.7 Å². The van der Waals surface area contributed by atoms with Gasteiger partial charge in [-0.05, 0) is 36.1 Å². The zero-order chi connectivity index (χ0) is 11.6. The third-order valence-electron chi connectivity index (χ3n) is 4.60. The Kier molecular flexibility index (Phi) is 1.82. The molecule has 0 spiro atoms. The fraction of sp³-hybridized carbons (Fsp3) is 0.571. The fourth-order valence-corrected chi connectivity index (χ4v) is 3.79. The van der Waals surface area contributed by atoms with Crippen molar-refractivity contribution in [2.75, 3.05) is 13.3 Å². The monoisotopic (exact) mass is 231 g/mol. The van der Waals surface area contributed by atoms with Crippen LogP contribution in [0.5, 0.6) is 11.5 Å². The SMILES string of the molecule is CC1CN2Cc3cc4c(cc3C1C2C)OCO4. The summed E-state index contributed by atoms with van der Waals surface area (Å²) in [6.07, 6.45) is 0. The maximum Gasteiger partial charge on any atom is 0.231 e. The molecule has 4 unspecified atom stereocenters. The van der Waals surface area contributed by atoms with E-state index in [0.717, 1.165) is 24.0 Å². The van der Waals surface area contributed by atoms with Gasteiger partial charge in [-0.3, -0.25) is 4.90 Å². The van der Waals surface area contributed by atoms with E-state index in [1.807, 2.05) is 0 Å². The molecule has 90 valence electrons. The van der Waals surface area contributed by atoms with E-state index >= 15 is 0 Å². The van der Waals surface area contributed by atoms with Crippen LogP contribution in [0.15, 0.2) is 12.1 Å². The first-order valence-electron chi connectivity index (χ1n) is 6.40. The third kappa shape index (κ3) is 1.20. The van der Waals surface area contributed by atoms with Crippen molar-refractivity contribution in [1.82, 2.24) is 4.90 Å². The highest BCUT2D eigenvalue weighted by atomic mass is 16.7. The minimum absolute atomic E-state index is 0.373. The molecule has 3 nitrogen and oxygen atoms in total. The summed E-state index contributed by atoms with van der Waals surface area (Å²) in [5, 5.41) is 0. The zero-order valence-electron chi connectivity index (χ0n) is 10.3. The first kappa shape index (κ1) is 9.77. The average molecular weight is 231 g/mol. The number of ether oxygens (including phenoxy) is 2. The van der Waals surface area contributed by atoms with Gasteiger partial charge in [-0.2, -0.15) is 0 Å². The molecule has 0 saturated carbocycles. The van der Waals surface area contributed by atoms with Crippen LogP contribution in [0.25, 0.3) is 0 Å². The summed E-state index contributed by atoms with van der Waals surface area (Å²) >= 11 is 0. The van der Waals surface area contributed by atoms with Crippen LogP contribution in [0.4, 0.5) is 0 Å². The predicted molar refractivity (Wildman–Crippen MR) is 64.3 cm³/mol. The maximum atomic E-state index is 5.51. The van der Waals surface area contributed by atoms with Crippen molar-refractivity contribution in [1.29, 1.82) is 0 Å². The van der Waals surface area contributed by atoms with Gasteiger partial charge < -0.3 is 9.47 Å². The van der Waals surface area contributed by atoms with Crippen LogP contribution >= 0.6 is 0 Å². The van der Waals surface area contributed by atoms with Crippen LogP contribution in [0.2, 0.25) is 0 Å². The molecule has 2 bridgehead atoms. The van der Waals surface area contributed by atoms with E-state index in [9.17, 15) is 0 Å². The highest BCUT2D eigenvalue weighted by Crippen LogP contribution is 2.48. The Morgan fingerprint density at radius 1 is 1.18 bits per heavy atom. The van der Waals surface area contributed by atoms with E-state index in [-0.39, 0.29) is 0 Å². The van der Waals surface area contributed by atoms with E-state index in [4.69, 9.17) is 9.47 Å². The minimum Gasteiger partial charge on any atom is -0.454 e. The Bertz CT molecular complexity index is 485. The quantitative estimate of drug-likeness (QED) is 0.684. The second-order valence-electron chi connectivity index (χ2n) is 5.58. The number of nitrogens with zero attached hydrogens (tertiary/aromatic N) is 1. The molecule has 0 N–H and O–H groups in total. The molecule has 1 saturated heterocycles. The van der Waals surface area contributed by atoms with Gasteiger partial charge in [-0.25, -0.2) is 0 Å². The summed E-state index contributed by atoms with van der Waals surface area (Å²) in [6.45, 7) is 7.36. The van der Waals surface area contributed by atoms with Crippen molar-refractivity contribution in [2.45, 2.75) is 32.4 Å². The molecule has 0 aliphatic carbocycles. The molecule has 4 rings (SSSR count). The molecule has 1 fully saturated rings. The van der Waals surface area contributed by atoms with Crippen molar-refractivity contribution in [3.8, 4) is 11.5 Å². The van der Waals surface area contributed by atoms with Crippen LogP contribution in [-0.2, 0) is 6.54 Å². The summed E-state index contributed by atoms with van der Waals surface area (Å²) in [4.78, 5) is 2.58. The van der Waals surface area contributed by atoms with E-state index in [0.29, 0.717) is 18.8 Å². The van der Waals surface area contributed by atoms with Gasteiger partial charge in [0.05, 0.1) is 0 Å². The number of fused-ring (bicyclic) bond motifs is 5.